The van der Waals surface area contributed by atoms with Crippen LogP contribution < -0.4 is 0 Å². The first kappa shape index (κ1) is 26.2. The number of rotatable bonds is 4. The third-order valence-corrected chi connectivity index (χ3v) is 8.96. The third kappa shape index (κ3) is 3.80. The normalized spacial score (nSPS) is 13.7. The van der Waals surface area contributed by atoms with Crippen LogP contribution in [0.1, 0.15) is 111 Å². The summed E-state index contributed by atoms with van der Waals surface area (Å²) in [5.41, 5.74) is 22.1. The summed E-state index contributed by atoms with van der Waals surface area (Å²) in [4.78, 5) is 18.2. The van der Waals surface area contributed by atoms with Crippen molar-refractivity contribution in [3.63, 3.8) is 0 Å². The summed E-state index contributed by atoms with van der Waals surface area (Å²) in [5, 5.41) is 0. The second-order valence-electron chi connectivity index (χ2n) is 10.9. The van der Waals surface area contributed by atoms with E-state index in [1.807, 2.05) is 0 Å². The molecule has 38 heavy (non-hydrogen) atoms. The van der Waals surface area contributed by atoms with Crippen molar-refractivity contribution in [2.45, 2.75) is 94.9 Å². The Bertz CT molecular complexity index is 1570. The molecule has 0 radical (unpaired) electrons. The van der Waals surface area contributed by atoms with Crippen LogP contribution in [0, 0.1) is 27.7 Å². The molecule has 198 valence electrons. The minimum absolute atomic E-state index is 0.957. The van der Waals surface area contributed by atoms with Gasteiger partial charge >= 0.3 is 0 Å². The number of hydrogen-bond donors (Lipinski definition) is 2. The number of aryl methyl sites for hydroxylation is 6. The number of aromatic amines is 2. The van der Waals surface area contributed by atoms with Crippen LogP contribution in [0.4, 0.5) is 0 Å². The average Bonchev–Trinajstić information content (AvgIpc) is 3.59. The van der Waals surface area contributed by atoms with E-state index < -0.39 is 0 Å². The van der Waals surface area contributed by atoms with Crippen LogP contribution in [0.15, 0.2) is 12.1 Å². The summed E-state index contributed by atoms with van der Waals surface area (Å²) in [6.45, 7) is 22.4. The van der Waals surface area contributed by atoms with Crippen molar-refractivity contribution >= 4 is 44.4 Å². The molecule has 8 bridgehead atoms. The smallest absolute Gasteiger partial charge is 0.0719 e. The van der Waals surface area contributed by atoms with E-state index in [1.54, 1.807) is 0 Å². The van der Waals surface area contributed by atoms with Gasteiger partial charge in [-0.25, -0.2) is 9.97 Å². The molecule has 0 atom stereocenters. The van der Waals surface area contributed by atoms with Gasteiger partial charge in [0, 0.05) is 22.1 Å². The van der Waals surface area contributed by atoms with Crippen molar-refractivity contribution in [3.8, 4) is 0 Å². The first-order chi connectivity index (χ1) is 18.2. The Balaban J connectivity index is 2.07. The summed E-state index contributed by atoms with van der Waals surface area (Å²) in [5.74, 6) is 0. The van der Waals surface area contributed by atoms with Crippen molar-refractivity contribution in [1.82, 2.24) is 19.9 Å². The fourth-order valence-electron chi connectivity index (χ4n) is 6.81. The lowest BCUT2D eigenvalue weighted by molar-refractivity contribution is 1.14. The molecule has 3 aromatic rings. The van der Waals surface area contributed by atoms with Crippen molar-refractivity contribution < 1.29 is 0 Å². The topological polar surface area (TPSA) is 57.4 Å². The summed E-state index contributed by atoms with van der Waals surface area (Å²) < 4.78 is 0. The molecule has 5 rings (SSSR count). The van der Waals surface area contributed by atoms with E-state index in [0.717, 1.165) is 48.5 Å². The van der Waals surface area contributed by atoms with Crippen LogP contribution in [-0.4, -0.2) is 19.9 Å². The Morgan fingerprint density at radius 1 is 0.526 bits per heavy atom. The molecule has 4 heteroatoms. The largest absolute Gasteiger partial charge is 0.355 e. The van der Waals surface area contributed by atoms with Crippen LogP contribution in [0.5, 0.6) is 0 Å². The first-order valence-electron chi connectivity index (χ1n) is 14.3. The van der Waals surface area contributed by atoms with Crippen LogP contribution in [-0.2, 0) is 12.8 Å². The zero-order chi connectivity index (χ0) is 27.5. The quantitative estimate of drug-likeness (QED) is 0.370. The van der Waals surface area contributed by atoms with Gasteiger partial charge in [-0.3, -0.25) is 0 Å². The molecule has 0 unspecified atom stereocenters. The number of fused-ring (bicyclic) bond motifs is 8. The number of allylic oxidation sites excluding steroid dienone is 4. The van der Waals surface area contributed by atoms with E-state index in [0.29, 0.717) is 0 Å². The third-order valence-electron chi connectivity index (χ3n) is 8.96. The fraction of sp³-hybridized carbons (Fsp3) is 0.412. The van der Waals surface area contributed by atoms with E-state index in [-0.39, 0.29) is 0 Å². The lowest BCUT2D eigenvalue weighted by Crippen LogP contribution is -1.87. The minimum atomic E-state index is 0.957. The van der Waals surface area contributed by atoms with Crippen LogP contribution in [0.25, 0.3) is 44.4 Å². The van der Waals surface area contributed by atoms with Gasteiger partial charge < -0.3 is 9.97 Å². The van der Waals surface area contributed by atoms with E-state index in [2.05, 4.69) is 91.3 Å². The molecule has 0 saturated heterocycles. The van der Waals surface area contributed by atoms with Gasteiger partial charge in [0.1, 0.15) is 0 Å². The van der Waals surface area contributed by atoms with Crippen molar-refractivity contribution in [2.75, 3.05) is 0 Å². The maximum Gasteiger partial charge on any atom is 0.0719 e. The van der Waals surface area contributed by atoms with Gasteiger partial charge in [-0.15, -0.1) is 0 Å². The molecular formula is C34H42N4. The molecular weight excluding hydrogens is 464 g/mol. The van der Waals surface area contributed by atoms with Crippen molar-refractivity contribution in [2.24, 2.45) is 0 Å². The van der Waals surface area contributed by atoms with Gasteiger partial charge in [0.05, 0.1) is 22.8 Å². The van der Waals surface area contributed by atoms with E-state index in [9.17, 15) is 0 Å². The van der Waals surface area contributed by atoms with Gasteiger partial charge in [0.15, 0.2) is 0 Å². The Morgan fingerprint density at radius 3 is 1.21 bits per heavy atom. The highest BCUT2D eigenvalue weighted by Crippen LogP contribution is 2.38. The Hall–Kier alpha value is -3.40. The molecule has 2 N–H and O–H groups in total. The Kier molecular flexibility index (Phi) is 6.71. The molecule has 2 aliphatic rings. The lowest BCUT2D eigenvalue weighted by Gasteiger charge is -2.02. The zero-order valence-corrected chi connectivity index (χ0v) is 24.9. The summed E-state index contributed by atoms with van der Waals surface area (Å²) >= 11 is 0. The second kappa shape index (κ2) is 9.72. The van der Waals surface area contributed by atoms with Crippen LogP contribution in [0.2, 0.25) is 0 Å². The number of aromatic nitrogens is 4. The van der Waals surface area contributed by atoms with E-state index >= 15 is 0 Å². The molecule has 5 heterocycles. The lowest BCUT2D eigenvalue weighted by atomic mass is 9.99. The van der Waals surface area contributed by atoms with Crippen LogP contribution >= 0.6 is 0 Å². The summed E-state index contributed by atoms with van der Waals surface area (Å²) in [6.07, 6.45) is 3.85. The van der Waals surface area contributed by atoms with Crippen molar-refractivity contribution in [1.29, 1.82) is 0 Å². The molecule has 0 saturated carbocycles. The second-order valence-corrected chi connectivity index (χ2v) is 10.9. The average molecular weight is 507 g/mol. The zero-order valence-electron chi connectivity index (χ0n) is 24.9. The maximum atomic E-state index is 5.27. The maximum absolute atomic E-state index is 5.27. The first-order valence-corrected chi connectivity index (χ1v) is 14.3. The molecule has 3 aromatic heterocycles. The highest BCUT2D eigenvalue weighted by Gasteiger charge is 2.22. The highest BCUT2D eigenvalue weighted by molar-refractivity contribution is 5.96. The number of hydrogen-bond acceptors (Lipinski definition) is 2. The standard InChI is InChI=1S/C34H42N4/c1-11-23-17(5)31-21(9)32-19(7)25(13-3)29(37-32)16-30-26(14-4)20(8)34(38-30)22(10)33-18(6)24(12-2)28(36-33)15-27(23)35-31/h15-16,35,38H,11-14H2,1-10H3. The monoisotopic (exact) mass is 506 g/mol. The van der Waals surface area contributed by atoms with Crippen LogP contribution in [0.3, 0.4) is 0 Å². The molecule has 0 fully saturated rings. The summed E-state index contributed by atoms with van der Waals surface area (Å²) in [7, 11) is 0. The minimum Gasteiger partial charge on any atom is -0.355 e. The van der Waals surface area contributed by atoms with Gasteiger partial charge in [-0.05, 0) is 135 Å². The fourth-order valence-corrected chi connectivity index (χ4v) is 6.81. The Morgan fingerprint density at radius 2 is 0.895 bits per heavy atom. The van der Waals surface area contributed by atoms with Gasteiger partial charge in [0.2, 0.25) is 0 Å². The molecule has 0 amide bonds. The molecule has 0 spiro atoms. The number of H-pyrrole nitrogens is 2. The number of nitrogens with zero attached hydrogens (tertiary/aromatic N) is 2. The molecule has 4 nitrogen and oxygen atoms in total. The predicted molar refractivity (Wildman–Crippen MR) is 164 cm³/mol. The van der Waals surface area contributed by atoms with E-state index in [4.69, 9.17) is 9.97 Å². The number of nitrogens with one attached hydrogen (secondary N) is 2. The SMILES string of the molecule is CCC1=C(C)c2nc1cc1[nH]c(c(C)c3nc(cc4[nH]c(c2C)c(C)c4CC)C(CC)=C3C)c(C)c1CC. The van der Waals surface area contributed by atoms with Gasteiger partial charge in [-0.2, -0.15) is 0 Å². The van der Waals surface area contributed by atoms with E-state index in [1.165, 1.54) is 77.7 Å². The predicted octanol–water partition coefficient (Wildman–Crippen LogP) is 9.35. The van der Waals surface area contributed by atoms with Gasteiger partial charge in [-0.1, -0.05) is 27.7 Å². The summed E-state index contributed by atoms with van der Waals surface area (Å²) in [6, 6.07) is 4.56. The molecule has 0 aliphatic carbocycles. The highest BCUT2D eigenvalue weighted by atomic mass is 14.8. The molecule has 0 aromatic carbocycles. The van der Waals surface area contributed by atoms with Crippen molar-refractivity contribution in [3.05, 3.63) is 68.3 Å². The van der Waals surface area contributed by atoms with Gasteiger partial charge in [0.25, 0.3) is 0 Å². The Labute approximate surface area is 227 Å². The molecule has 2 aliphatic heterocycles.